The lowest BCUT2D eigenvalue weighted by Gasteiger charge is -2.21. The molecule has 1 aliphatic heterocycles. The quantitative estimate of drug-likeness (QED) is 0.741. The predicted molar refractivity (Wildman–Crippen MR) is 95.8 cm³/mol. The van der Waals surface area contributed by atoms with Gasteiger partial charge < -0.3 is 10.2 Å². The van der Waals surface area contributed by atoms with Crippen LogP contribution in [0, 0.1) is 0 Å². The van der Waals surface area contributed by atoms with E-state index in [1.807, 2.05) is 25.9 Å². The van der Waals surface area contributed by atoms with Crippen LogP contribution < -0.4 is 5.32 Å². The lowest BCUT2D eigenvalue weighted by Crippen LogP contribution is -2.45. The van der Waals surface area contributed by atoms with Crippen molar-refractivity contribution >= 4 is 19.7 Å². The Morgan fingerprint density at radius 1 is 1.17 bits per heavy atom. The molecule has 136 valence electrons. The van der Waals surface area contributed by atoms with Crippen LogP contribution in [0.5, 0.6) is 0 Å². The lowest BCUT2D eigenvalue weighted by molar-refractivity contribution is 0.388. The Morgan fingerprint density at radius 2 is 1.79 bits per heavy atom. The molecule has 1 saturated heterocycles. The minimum absolute atomic E-state index is 0.128. The van der Waals surface area contributed by atoms with E-state index in [0.717, 1.165) is 12.0 Å². The van der Waals surface area contributed by atoms with Crippen molar-refractivity contribution in [1.29, 1.82) is 0 Å². The van der Waals surface area contributed by atoms with Crippen molar-refractivity contribution in [1.82, 2.24) is 10.2 Å². The fraction of sp³-hybridized carbons (Fsp3) is 0.625. The average molecular weight is 375 g/mol. The summed E-state index contributed by atoms with van der Waals surface area (Å²) < 4.78 is 49.9. The minimum Gasteiger partial charge on any atom is -0.310 e. The molecular formula is C16H26N2O4S2. The van der Waals surface area contributed by atoms with Gasteiger partial charge in [-0.3, -0.25) is 0 Å². The Kier molecular flexibility index (Phi) is 6.06. The molecule has 0 amide bonds. The summed E-state index contributed by atoms with van der Waals surface area (Å²) in [5.74, 6) is -0.443. The van der Waals surface area contributed by atoms with Crippen LogP contribution in [0.25, 0.3) is 0 Å². The standard InChI is InChI=1S/C16H26N2O4S2/c1-4-13-5-7-14(8-6-13)24(21,22)16-12-23(19,20)11-15(16)17-9-10-18(2)3/h5-8,15-17H,4,9-12H2,1-3H3/t15-,16+/m1/s1. The van der Waals surface area contributed by atoms with E-state index in [1.54, 1.807) is 24.3 Å². The van der Waals surface area contributed by atoms with Crippen LogP contribution in [0.1, 0.15) is 12.5 Å². The van der Waals surface area contributed by atoms with Crippen molar-refractivity contribution in [3.8, 4) is 0 Å². The molecule has 2 rings (SSSR count). The number of aryl methyl sites for hydroxylation is 1. The second-order valence-electron chi connectivity index (χ2n) is 6.52. The summed E-state index contributed by atoms with van der Waals surface area (Å²) in [6, 6.07) is 6.16. The molecule has 2 atom stereocenters. The largest absolute Gasteiger partial charge is 0.310 e. The van der Waals surface area contributed by atoms with Gasteiger partial charge in [0.15, 0.2) is 19.7 Å². The lowest BCUT2D eigenvalue weighted by atomic mass is 10.2. The number of rotatable bonds is 7. The zero-order valence-corrected chi connectivity index (χ0v) is 16.0. The minimum atomic E-state index is -3.69. The van der Waals surface area contributed by atoms with Crippen molar-refractivity contribution in [3.63, 3.8) is 0 Å². The van der Waals surface area contributed by atoms with Gasteiger partial charge in [-0.1, -0.05) is 19.1 Å². The van der Waals surface area contributed by atoms with E-state index < -0.39 is 31.0 Å². The van der Waals surface area contributed by atoms with Crippen molar-refractivity contribution in [2.75, 3.05) is 38.7 Å². The van der Waals surface area contributed by atoms with Gasteiger partial charge in [0.05, 0.1) is 21.7 Å². The van der Waals surface area contributed by atoms with Crippen LogP contribution >= 0.6 is 0 Å². The first kappa shape index (κ1) is 19.4. The van der Waals surface area contributed by atoms with Gasteiger partial charge in [-0.25, -0.2) is 16.8 Å². The topological polar surface area (TPSA) is 83.5 Å². The van der Waals surface area contributed by atoms with Crippen molar-refractivity contribution in [2.24, 2.45) is 0 Å². The molecule has 24 heavy (non-hydrogen) atoms. The van der Waals surface area contributed by atoms with Crippen LogP contribution in [0.15, 0.2) is 29.2 Å². The molecule has 8 heteroatoms. The van der Waals surface area contributed by atoms with Gasteiger partial charge in [-0.05, 0) is 38.2 Å². The van der Waals surface area contributed by atoms with E-state index in [2.05, 4.69) is 5.32 Å². The summed E-state index contributed by atoms with van der Waals surface area (Å²) in [5, 5.41) is 2.18. The first-order chi connectivity index (χ1) is 11.2. The molecule has 1 fully saturated rings. The molecule has 6 nitrogen and oxygen atoms in total. The van der Waals surface area contributed by atoms with E-state index >= 15 is 0 Å². The van der Waals surface area contributed by atoms with E-state index in [-0.39, 0.29) is 16.4 Å². The molecule has 0 saturated carbocycles. The van der Waals surface area contributed by atoms with E-state index in [1.165, 1.54) is 0 Å². The third-order valence-electron chi connectivity index (χ3n) is 4.32. The Balaban J connectivity index is 2.24. The smallest absolute Gasteiger partial charge is 0.183 e. The highest BCUT2D eigenvalue weighted by molar-refractivity contribution is 7.96. The monoisotopic (exact) mass is 374 g/mol. The van der Waals surface area contributed by atoms with Crippen LogP contribution in [0.4, 0.5) is 0 Å². The Morgan fingerprint density at radius 3 is 2.33 bits per heavy atom. The molecule has 0 spiro atoms. The summed E-state index contributed by atoms with van der Waals surface area (Å²) in [7, 11) is -3.22. The zero-order chi connectivity index (χ0) is 18.0. The van der Waals surface area contributed by atoms with Gasteiger partial charge in [0, 0.05) is 19.1 Å². The number of nitrogens with one attached hydrogen (secondary N) is 1. The number of hydrogen-bond acceptors (Lipinski definition) is 6. The first-order valence-corrected chi connectivity index (χ1v) is 11.4. The Labute approximate surface area is 145 Å². The van der Waals surface area contributed by atoms with Gasteiger partial charge in [0.25, 0.3) is 0 Å². The van der Waals surface area contributed by atoms with Gasteiger partial charge in [0.2, 0.25) is 0 Å². The maximum absolute atomic E-state index is 12.9. The normalized spacial score (nSPS) is 23.7. The molecule has 1 N–H and O–H groups in total. The predicted octanol–water partition coefficient (Wildman–Crippen LogP) is 0.340. The maximum atomic E-state index is 12.9. The third-order valence-corrected chi connectivity index (χ3v) is 8.49. The molecule has 0 aliphatic carbocycles. The van der Waals surface area contributed by atoms with Crippen molar-refractivity contribution in [2.45, 2.75) is 29.5 Å². The first-order valence-electron chi connectivity index (χ1n) is 8.07. The van der Waals surface area contributed by atoms with Crippen molar-refractivity contribution < 1.29 is 16.8 Å². The van der Waals surface area contributed by atoms with E-state index in [9.17, 15) is 16.8 Å². The summed E-state index contributed by atoms with van der Waals surface area (Å²) >= 11 is 0. The highest BCUT2D eigenvalue weighted by Gasteiger charge is 2.45. The van der Waals surface area contributed by atoms with E-state index in [0.29, 0.717) is 13.1 Å². The second kappa shape index (κ2) is 7.51. The molecule has 1 aliphatic rings. The van der Waals surface area contributed by atoms with Crippen LogP contribution in [0.3, 0.4) is 0 Å². The summed E-state index contributed by atoms with van der Waals surface area (Å²) in [6.45, 7) is 3.26. The van der Waals surface area contributed by atoms with Gasteiger partial charge in [-0.15, -0.1) is 0 Å². The van der Waals surface area contributed by atoms with Crippen LogP contribution in [-0.4, -0.2) is 71.7 Å². The summed E-state index contributed by atoms with van der Waals surface area (Å²) in [4.78, 5) is 2.16. The van der Waals surface area contributed by atoms with Crippen molar-refractivity contribution in [3.05, 3.63) is 29.8 Å². The van der Waals surface area contributed by atoms with Gasteiger partial charge in [0.1, 0.15) is 0 Å². The molecule has 0 unspecified atom stereocenters. The molecular weight excluding hydrogens is 348 g/mol. The molecule has 1 aromatic carbocycles. The zero-order valence-electron chi connectivity index (χ0n) is 14.4. The third kappa shape index (κ3) is 4.56. The SMILES string of the molecule is CCc1ccc(S(=O)(=O)[C@H]2CS(=O)(=O)C[C@H]2NCCN(C)C)cc1. The van der Waals surface area contributed by atoms with E-state index in [4.69, 9.17) is 0 Å². The highest BCUT2D eigenvalue weighted by atomic mass is 32.2. The van der Waals surface area contributed by atoms with Crippen LogP contribution in [0.2, 0.25) is 0 Å². The Hall–Kier alpha value is -0.960. The summed E-state index contributed by atoms with van der Waals surface area (Å²) in [6.07, 6.45) is 0.826. The molecule has 1 heterocycles. The van der Waals surface area contributed by atoms with Gasteiger partial charge >= 0.3 is 0 Å². The maximum Gasteiger partial charge on any atom is 0.183 e. The Bertz CT molecular complexity index is 756. The fourth-order valence-corrected chi connectivity index (χ4v) is 7.59. The number of nitrogens with zero attached hydrogens (tertiary/aromatic N) is 1. The molecule has 1 aromatic rings. The summed E-state index contributed by atoms with van der Waals surface area (Å²) in [5.41, 5.74) is 1.05. The molecule has 0 aromatic heterocycles. The number of likely N-dealkylation sites (N-methyl/N-ethyl adjacent to an activating group) is 1. The average Bonchev–Trinajstić information content (AvgIpc) is 2.82. The molecule has 0 bridgehead atoms. The fourth-order valence-electron chi connectivity index (χ4n) is 2.87. The van der Waals surface area contributed by atoms with Crippen LogP contribution in [-0.2, 0) is 26.1 Å². The number of sulfone groups is 2. The second-order valence-corrected chi connectivity index (χ2v) is 10.8. The highest BCUT2D eigenvalue weighted by Crippen LogP contribution is 2.26. The number of hydrogen-bond donors (Lipinski definition) is 1. The molecule has 0 radical (unpaired) electrons. The van der Waals surface area contributed by atoms with Gasteiger partial charge in [-0.2, -0.15) is 0 Å². The number of benzene rings is 1.